The molecule has 0 radical (unpaired) electrons. The van der Waals surface area contributed by atoms with Gasteiger partial charge in [0.1, 0.15) is 10.5 Å². The number of halogens is 3. The first-order valence-electron chi connectivity index (χ1n) is 5.09. The van der Waals surface area contributed by atoms with Crippen LogP contribution in [0.3, 0.4) is 0 Å². The van der Waals surface area contributed by atoms with Crippen molar-refractivity contribution in [1.82, 2.24) is 0 Å². The van der Waals surface area contributed by atoms with Crippen molar-refractivity contribution in [1.29, 1.82) is 0 Å². The van der Waals surface area contributed by atoms with Crippen LogP contribution in [0.25, 0.3) is 0 Å². The van der Waals surface area contributed by atoms with Gasteiger partial charge in [-0.2, -0.15) is 13.2 Å². The fourth-order valence-corrected chi connectivity index (χ4v) is 1.85. The third-order valence-electron chi connectivity index (χ3n) is 2.86. The van der Waals surface area contributed by atoms with E-state index in [1.165, 1.54) is 0 Å². The zero-order valence-corrected chi connectivity index (χ0v) is 9.66. The molecule has 1 aliphatic rings. The van der Waals surface area contributed by atoms with Gasteiger partial charge in [-0.3, -0.25) is 0 Å². The Hall–Kier alpha value is -1.30. The zero-order chi connectivity index (χ0) is 12.7. The highest BCUT2D eigenvalue weighted by Crippen LogP contribution is 2.51. The molecule has 2 nitrogen and oxygen atoms in total. The molecule has 0 amide bonds. The van der Waals surface area contributed by atoms with Crippen molar-refractivity contribution in [2.24, 2.45) is 5.73 Å². The lowest BCUT2D eigenvalue weighted by Crippen LogP contribution is -2.39. The van der Waals surface area contributed by atoms with E-state index in [2.05, 4.69) is 5.32 Å². The van der Waals surface area contributed by atoms with E-state index in [0.29, 0.717) is 11.3 Å². The molecule has 0 spiro atoms. The Balaban J connectivity index is 2.29. The topological polar surface area (TPSA) is 38.0 Å². The molecule has 6 heteroatoms. The third-order valence-corrected chi connectivity index (χ3v) is 3.08. The van der Waals surface area contributed by atoms with Gasteiger partial charge in [-0.1, -0.05) is 24.4 Å². The number of para-hydroxylation sites is 1. The second kappa shape index (κ2) is 3.87. The van der Waals surface area contributed by atoms with E-state index in [1.807, 2.05) is 0 Å². The molecular formula is C11H11F3N2S. The Labute approximate surface area is 102 Å². The normalized spacial score (nSPS) is 17.6. The van der Waals surface area contributed by atoms with Gasteiger partial charge < -0.3 is 11.1 Å². The van der Waals surface area contributed by atoms with Crippen molar-refractivity contribution in [3.05, 3.63) is 29.8 Å². The van der Waals surface area contributed by atoms with E-state index >= 15 is 0 Å². The molecule has 2 rings (SSSR count). The largest absolute Gasteiger partial charge is 0.411 e. The molecule has 92 valence electrons. The maximum absolute atomic E-state index is 12.8. The SMILES string of the molecule is NC(=S)c1ccccc1NC1(C(F)(F)F)CC1. The van der Waals surface area contributed by atoms with E-state index in [1.54, 1.807) is 24.3 Å². The van der Waals surface area contributed by atoms with Gasteiger partial charge in [-0.25, -0.2) is 0 Å². The first-order valence-corrected chi connectivity index (χ1v) is 5.50. The molecule has 3 N–H and O–H groups in total. The third kappa shape index (κ3) is 2.22. The number of hydrogen-bond donors (Lipinski definition) is 2. The van der Waals surface area contributed by atoms with Gasteiger partial charge in [0.15, 0.2) is 0 Å². The summed E-state index contributed by atoms with van der Waals surface area (Å²) >= 11 is 4.81. The molecule has 0 aliphatic heterocycles. The van der Waals surface area contributed by atoms with Crippen LogP contribution in [0.15, 0.2) is 24.3 Å². The van der Waals surface area contributed by atoms with Gasteiger partial charge in [0.25, 0.3) is 0 Å². The summed E-state index contributed by atoms with van der Waals surface area (Å²) in [5.74, 6) is 0. The monoisotopic (exact) mass is 260 g/mol. The zero-order valence-electron chi connectivity index (χ0n) is 8.84. The number of thiocarbonyl (C=S) groups is 1. The summed E-state index contributed by atoms with van der Waals surface area (Å²) in [7, 11) is 0. The minimum Gasteiger partial charge on any atom is -0.389 e. The lowest BCUT2D eigenvalue weighted by Gasteiger charge is -2.23. The fourth-order valence-electron chi connectivity index (χ4n) is 1.67. The summed E-state index contributed by atoms with van der Waals surface area (Å²) < 4.78 is 38.4. The Morgan fingerprint density at radius 3 is 2.35 bits per heavy atom. The molecule has 1 saturated carbocycles. The van der Waals surface area contributed by atoms with Crippen molar-refractivity contribution in [3.8, 4) is 0 Å². The van der Waals surface area contributed by atoms with Crippen LogP contribution in [-0.2, 0) is 0 Å². The van der Waals surface area contributed by atoms with Crippen molar-refractivity contribution in [2.45, 2.75) is 24.6 Å². The molecular weight excluding hydrogens is 249 g/mol. The van der Waals surface area contributed by atoms with Crippen LogP contribution >= 0.6 is 12.2 Å². The van der Waals surface area contributed by atoms with Crippen molar-refractivity contribution < 1.29 is 13.2 Å². The van der Waals surface area contributed by atoms with Gasteiger partial charge in [0, 0.05) is 11.3 Å². The Kier molecular flexibility index (Phi) is 2.77. The summed E-state index contributed by atoms with van der Waals surface area (Å²) in [4.78, 5) is 0.0890. The molecule has 0 unspecified atom stereocenters. The number of alkyl halides is 3. The van der Waals surface area contributed by atoms with Crippen LogP contribution in [0.1, 0.15) is 18.4 Å². The molecule has 0 heterocycles. The van der Waals surface area contributed by atoms with Crippen LogP contribution in [0, 0.1) is 0 Å². The molecule has 0 atom stereocenters. The number of nitrogens with one attached hydrogen (secondary N) is 1. The van der Waals surface area contributed by atoms with Crippen LogP contribution < -0.4 is 11.1 Å². The molecule has 1 fully saturated rings. The standard InChI is InChI=1S/C11H11F3N2S/c12-11(13,14)10(5-6-10)16-8-4-2-1-3-7(8)9(15)17/h1-4,16H,5-6H2,(H2,15,17). The summed E-state index contributed by atoms with van der Waals surface area (Å²) in [5, 5.41) is 2.53. The van der Waals surface area contributed by atoms with Gasteiger partial charge in [0.05, 0.1) is 0 Å². The number of benzene rings is 1. The molecule has 1 aromatic rings. The van der Waals surface area contributed by atoms with Gasteiger partial charge in [-0.05, 0) is 25.0 Å². The first-order chi connectivity index (χ1) is 7.86. The Morgan fingerprint density at radius 1 is 1.29 bits per heavy atom. The lowest BCUT2D eigenvalue weighted by atomic mass is 10.1. The molecule has 0 saturated heterocycles. The lowest BCUT2D eigenvalue weighted by molar-refractivity contribution is -0.151. The Bertz CT molecular complexity index is 452. The first kappa shape index (κ1) is 12.2. The van der Waals surface area contributed by atoms with Gasteiger partial charge in [-0.15, -0.1) is 0 Å². The maximum Gasteiger partial charge on any atom is 0.411 e. The molecule has 1 aromatic carbocycles. The maximum atomic E-state index is 12.8. The number of hydrogen-bond acceptors (Lipinski definition) is 2. The molecule has 17 heavy (non-hydrogen) atoms. The number of nitrogens with two attached hydrogens (primary N) is 1. The van der Waals surface area contributed by atoms with Crippen LogP contribution in [0.4, 0.5) is 18.9 Å². The minimum absolute atomic E-state index is 0.0855. The van der Waals surface area contributed by atoms with Crippen molar-refractivity contribution in [2.75, 3.05) is 5.32 Å². The van der Waals surface area contributed by atoms with Crippen LogP contribution in [0.5, 0.6) is 0 Å². The molecule has 0 aromatic heterocycles. The predicted molar refractivity (Wildman–Crippen MR) is 64.0 cm³/mol. The second-order valence-electron chi connectivity index (χ2n) is 4.11. The highest BCUT2D eigenvalue weighted by atomic mass is 32.1. The second-order valence-corrected chi connectivity index (χ2v) is 4.55. The highest BCUT2D eigenvalue weighted by Gasteiger charge is 2.63. The van der Waals surface area contributed by atoms with Gasteiger partial charge >= 0.3 is 6.18 Å². The summed E-state index contributed by atoms with van der Waals surface area (Å²) in [6, 6.07) is 6.50. The Morgan fingerprint density at radius 2 is 1.88 bits per heavy atom. The average molecular weight is 260 g/mol. The van der Waals surface area contributed by atoms with E-state index in [0.717, 1.165) is 0 Å². The number of rotatable bonds is 3. The van der Waals surface area contributed by atoms with Crippen molar-refractivity contribution in [3.63, 3.8) is 0 Å². The van der Waals surface area contributed by atoms with Gasteiger partial charge in [0.2, 0.25) is 0 Å². The molecule has 1 aliphatic carbocycles. The molecule has 0 bridgehead atoms. The highest BCUT2D eigenvalue weighted by molar-refractivity contribution is 7.80. The average Bonchev–Trinajstić information content (AvgIpc) is 2.98. The van der Waals surface area contributed by atoms with Crippen LogP contribution in [-0.4, -0.2) is 16.7 Å². The fraction of sp³-hybridized carbons (Fsp3) is 0.364. The summed E-state index contributed by atoms with van der Waals surface area (Å²) in [6.45, 7) is 0. The van der Waals surface area contributed by atoms with E-state index in [-0.39, 0.29) is 17.8 Å². The van der Waals surface area contributed by atoms with E-state index in [9.17, 15) is 13.2 Å². The number of anilines is 1. The smallest absolute Gasteiger partial charge is 0.389 e. The predicted octanol–water partition coefficient (Wildman–Crippen LogP) is 2.83. The quantitative estimate of drug-likeness (QED) is 0.821. The van der Waals surface area contributed by atoms with Crippen molar-refractivity contribution >= 4 is 22.9 Å². The van der Waals surface area contributed by atoms with Crippen LogP contribution in [0.2, 0.25) is 0 Å². The summed E-state index contributed by atoms with van der Waals surface area (Å²) in [6.07, 6.45) is -4.08. The minimum atomic E-state index is -4.25. The van der Waals surface area contributed by atoms with E-state index < -0.39 is 11.7 Å². The summed E-state index contributed by atoms with van der Waals surface area (Å²) in [5.41, 5.74) is 4.46. The van der Waals surface area contributed by atoms with E-state index in [4.69, 9.17) is 18.0 Å².